The number of nitrogens with zero attached hydrogens (tertiary/aromatic N) is 8. The van der Waals surface area contributed by atoms with Crippen LogP contribution in [0.1, 0.15) is 79.4 Å². The van der Waals surface area contributed by atoms with Crippen LogP contribution in [0.2, 0.25) is 0 Å². The van der Waals surface area contributed by atoms with E-state index < -0.39 is 29.3 Å². The van der Waals surface area contributed by atoms with E-state index in [1.54, 1.807) is 39.7 Å². The van der Waals surface area contributed by atoms with E-state index >= 15 is 4.39 Å². The van der Waals surface area contributed by atoms with E-state index in [4.69, 9.17) is 4.74 Å². The summed E-state index contributed by atoms with van der Waals surface area (Å²) >= 11 is 1.27. The fourth-order valence-corrected chi connectivity index (χ4v) is 6.91. The number of anilines is 1. The molecule has 3 amide bonds. The van der Waals surface area contributed by atoms with Gasteiger partial charge >= 0.3 is 6.09 Å². The van der Waals surface area contributed by atoms with Crippen molar-refractivity contribution >= 4 is 34.4 Å². The summed E-state index contributed by atoms with van der Waals surface area (Å²) in [5, 5.41) is 13.6. The lowest BCUT2D eigenvalue weighted by Gasteiger charge is -2.33. The van der Waals surface area contributed by atoms with Crippen LogP contribution in [0.15, 0.2) is 36.2 Å². The summed E-state index contributed by atoms with van der Waals surface area (Å²) in [5.74, 6) is -1.47. The van der Waals surface area contributed by atoms with Crippen molar-refractivity contribution in [2.24, 2.45) is 0 Å². The summed E-state index contributed by atoms with van der Waals surface area (Å²) in [5.41, 5.74) is 2.07. The lowest BCUT2D eigenvalue weighted by atomic mass is 10.0. The molecular weight excluding hydrogens is 613 g/mol. The average Bonchev–Trinajstić information content (AvgIpc) is 3.84. The van der Waals surface area contributed by atoms with Crippen LogP contribution in [0, 0.1) is 5.82 Å². The summed E-state index contributed by atoms with van der Waals surface area (Å²) in [7, 11) is 0. The van der Waals surface area contributed by atoms with Crippen LogP contribution in [0.4, 0.5) is 14.3 Å². The lowest BCUT2D eigenvalue weighted by molar-refractivity contribution is -0.121. The predicted molar refractivity (Wildman–Crippen MR) is 165 cm³/mol. The van der Waals surface area contributed by atoms with Gasteiger partial charge < -0.3 is 19.1 Å². The highest BCUT2D eigenvalue weighted by molar-refractivity contribution is 7.13. The summed E-state index contributed by atoms with van der Waals surface area (Å²) < 4.78 is 24.9. The molecule has 3 aliphatic rings. The van der Waals surface area contributed by atoms with Gasteiger partial charge in [0.15, 0.2) is 11.2 Å². The van der Waals surface area contributed by atoms with Gasteiger partial charge in [-0.3, -0.25) is 14.9 Å². The van der Waals surface area contributed by atoms with Crippen LogP contribution in [0.5, 0.6) is 0 Å². The molecule has 15 heteroatoms. The van der Waals surface area contributed by atoms with Gasteiger partial charge in [-0.2, -0.15) is 0 Å². The topological polar surface area (TPSA) is 140 Å². The molecule has 1 N–H and O–H groups in total. The number of aromatic nitrogens is 6. The largest absolute Gasteiger partial charge is 0.444 e. The average molecular weight is 648 g/mol. The minimum absolute atomic E-state index is 0.00471. The van der Waals surface area contributed by atoms with Crippen molar-refractivity contribution in [2.45, 2.75) is 77.2 Å². The van der Waals surface area contributed by atoms with E-state index in [0.29, 0.717) is 48.0 Å². The van der Waals surface area contributed by atoms with E-state index in [9.17, 15) is 14.4 Å². The molecule has 3 aliphatic heterocycles. The van der Waals surface area contributed by atoms with Gasteiger partial charge in [-0.25, -0.2) is 23.8 Å². The number of fused-ring (bicyclic) bond motifs is 2. The first-order valence-electron chi connectivity index (χ1n) is 15.3. The number of hydrogen-bond donors (Lipinski definition) is 1. The smallest absolute Gasteiger partial charge is 0.410 e. The number of aryl methyl sites for hydroxylation is 1. The van der Waals surface area contributed by atoms with Crippen LogP contribution in [-0.4, -0.2) is 75.9 Å². The van der Waals surface area contributed by atoms with Crippen LogP contribution < -0.4 is 5.32 Å². The van der Waals surface area contributed by atoms with Crippen LogP contribution in [0.25, 0.3) is 11.3 Å². The van der Waals surface area contributed by atoms with Crippen molar-refractivity contribution < 1.29 is 23.5 Å². The number of piperidine rings is 1. The third-order valence-electron chi connectivity index (χ3n) is 8.58. The fraction of sp³-hybridized carbons (Fsp3) is 0.452. The van der Waals surface area contributed by atoms with Crippen LogP contribution in [0.3, 0.4) is 0 Å². The molecule has 0 radical (unpaired) electrons. The third kappa shape index (κ3) is 5.63. The van der Waals surface area contributed by atoms with Crippen molar-refractivity contribution in [3.05, 3.63) is 64.6 Å². The standard InChI is InChI=1S/C31H34FN9O4S/c1-31(2,3)45-30(44)38-10-6-19(7-11-38)41-16-23(36-37-41)18-13-20-21(22(32)14-18)15-40(28(20)43)26(27(42)35-29-33-8-12-46-29)25-24-5-4-9-39(24)17-34-25/h8,12-14,16-17,19,26H,4-7,9-11,15H2,1-3H3,(H,33,35,42). The summed E-state index contributed by atoms with van der Waals surface area (Å²) in [6, 6.07) is 1.92. The number of carbonyl (C=O) groups is 3. The molecule has 0 bridgehead atoms. The van der Waals surface area contributed by atoms with E-state index in [2.05, 4.69) is 25.6 Å². The maximum absolute atomic E-state index is 15.7. The van der Waals surface area contributed by atoms with Crippen molar-refractivity contribution in [3.63, 3.8) is 0 Å². The minimum atomic E-state index is -1.06. The molecule has 4 aromatic rings. The summed E-state index contributed by atoms with van der Waals surface area (Å²) in [6.07, 6.45) is 7.66. The van der Waals surface area contributed by atoms with E-state index in [1.165, 1.54) is 22.3 Å². The second-order valence-electron chi connectivity index (χ2n) is 12.8. The van der Waals surface area contributed by atoms with Gasteiger partial charge in [-0.1, -0.05) is 5.21 Å². The zero-order chi connectivity index (χ0) is 32.2. The molecule has 1 aromatic carbocycles. The Morgan fingerprint density at radius 2 is 1.96 bits per heavy atom. The molecule has 0 aliphatic carbocycles. The molecule has 6 heterocycles. The molecular formula is C31H34FN9O4S. The zero-order valence-corrected chi connectivity index (χ0v) is 26.6. The first-order chi connectivity index (χ1) is 22.1. The molecule has 240 valence electrons. The Labute approximate surface area is 268 Å². The fourth-order valence-electron chi connectivity index (χ4n) is 6.37. The zero-order valence-electron chi connectivity index (χ0n) is 25.8. The first kappa shape index (κ1) is 30.0. The quantitative estimate of drug-likeness (QED) is 0.321. The van der Waals surface area contributed by atoms with Gasteiger partial charge in [0.05, 0.1) is 30.8 Å². The Bertz CT molecular complexity index is 1800. The van der Waals surface area contributed by atoms with Gasteiger partial charge in [0.25, 0.3) is 11.8 Å². The number of thiazole rings is 1. The molecule has 13 nitrogen and oxygen atoms in total. The molecule has 1 unspecified atom stereocenters. The normalized spacial score (nSPS) is 17.3. The van der Waals surface area contributed by atoms with E-state index in [-0.39, 0.29) is 29.8 Å². The third-order valence-corrected chi connectivity index (χ3v) is 9.27. The number of imidazole rings is 1. The lowest BCUT2D eigenvalue weighted by Crippen LogP contribution is -2.42. The highest BCUT2D eigenvalue weighted by Crippen LogP contribution is 2.38. The predicted octanol–water partition coefficient (Wildman–Crippen LogP) is 4.59. The number of amides is 3. The Morgan fingerprint density at radius 3 is 2.70 bits per heavy atom. The molecule has 1 atom stereocenters. The minimum Gasteiger partial charge on any atom is -0.444 e. The molecule has 46 heavy (non-hydrogen) atoms. The van der Waals surface area contributed by atoms with Gasteiger partial charge in [0, 0.05) is 53.6 Å². The van der Waals surface area contributed by atoms with Gasteiger partial charge in [-0.15, -0.1) is 16.4 Å². The number of ether oxygens (including phenoxy) is 1. The van der Waals surface area contributed by atoms with E-state index in [1.807, 2.05) is 25.3 Å². The summed E-state index contributed by atoms with van der Waals surface area (Å²) in [4.78, 5) is 51.9. The highest BCUT2D eigenvalue weighted by atomic mass is 32.1. The number of carbonyl (C=O) groups excluding carboxylic acids is 3. The van der Waals surface area contributed by atoms with Crippen LogP contribution >= 0.6 is 11.3 Å². The molecule has 3 aromatic heterocycles. The number of rotatable bonds is 6. The maximum atomic E-state index is 15.7. The molecule has 1 saturated heterocycles. The second kappa shape index (κ2) is 11.6. The van der Waals surface area contributed by atoms with Crippen LogP contribution in [-0.2, 0) is 29.0 Å². The molecule has 0 saturated carbocycles. The first-order valence-corrected chi connectivity index (χ1v) is 16.2. The monoisotopic (exact) mass is 647 g/mol. The number of hydrogen-bond acceptors (Lipinski definition) is 9. The van der Waals surface area contributed by atoms with Crippen molar-refractivity contribution in [3.8, 4) is 11.3 Å². The van der Waals surface area contributed by atoms with E-state index in [0.717, 1.165) is 25.1 Å². The van der Waals surface area contributed by atoms with Crippen molar-refractivity contribution in [1.29, 1.82) is 0 Å². The van der Waals surface area contributed by atoms with Crippen molar-refractivity contribution in [2.75, 3.05) is 18.4 Å². The number of halogens is 1. The maximum Gasteiger partial charge on any atom is 0.410 e. The SMILES string of the molecule is CC(C)(C)OC(=O)N1CCC(n2cc(-c3cc(F)c4c(c3)C(=O)N(C(C(=O)Nc3nccs3)c3ncn5c3CCC5)C4)nn2)CC1. The Balaban J connectivity index is 1.11. The second-order valence-corrected chi connectivity index (χ2v) is 13.7. The van der Waals surface area contributed by atoms with Gasteiger partial charge in [0.2, 0.25) is 0 Å². The Morgan fingerprint density at radius 1 is 1.15 bits per heavy atom. The van der Waals surface area contributed by atoms with Gasteiger partial charge in [0.1, 0.15) is 17.1 Å². The van der Waals surface area contributed by atoms with Crippen molar-refractivity contribution in [1.82, 2.24) is 39.3 Å². The molecule has 1 fully saturated rings. The highest BCUT2D eigenvalue weighted by Gasteiger charge is 2.42. The number of nitrogens with one attached hydrogen (secondary N) is 1. The Hall–Kier alpha value is -4.66. The molecule has 0 spiro atoms. The number of benzene rings is 1. The number of likely N-dealkylation sites (tertiary alicyclic amines) is 1. The van der Waals surface area contributed by atoms with Gasteiger partial charge in [-0.05, 0) is 58.6 Å². The molecule has 7 rings (SSSR count). The summed E-state index contributed by atoms with van der Waals surface area (Å²) in [6.45, 7) is 7.26. The Kier molecular flexibility index (Phi) is 7.57.